The van der Waals surface area contributed by atoms with Crippen LogP contribution in [-0.4, -0.2) is 24.5 Å². The minimum atomic E-state index is -0.877. The fourth-order valence-electron chi connectivity index (χ4n) is 2.57. The average Bonchev–Trinajstić information content (AvgIpc) is 2.60. The highest BCUT2D eigenvalue weighted by Gasteiger charge is 2.16. The molecule has 6 nitrogen and oxygen atoms in total. The highest BCUT2D eigenvalue weighted by atomic mass is 19.1. The second-order valence-electron chi connectivity index (χ2n) is 6.27. The molecule has 0 spiro atoms. The summed E-state index contributed by atoms with van der Waals surface area (Å²) in [5.41, 5.74) is 7.53. The lowest BCUT2D eigenvalue weighted by molar-refractivity contribution is -0.133. The monoisotopic (exact) mass is 374 g/mol. The van der Waals surface area contributed by atoms with Gasteiger partial charge in [-0.1, -0.05) is 17.7 Å². The molecule has 1 atom stereocenters. The molecule has 2 aromatic carbocycles. The third-order valence-corrected chi connectivity index (χ3v) is 3.77. The second-order valence-corrected chi connectivity index (χ2v) is 6.27. The van der Waals surface area contributed by atoms with Gasteiger partial charge in [-0.3, -0.25) is 20.4 Å². The second kappa shape index (κ2) is 9.02. The molecule has 2 rings (SSSR count). The summed E-state index contributed by atoms with van der Waals surface area (Å²) in [5.74, 6) is -0.452. The van der Waals surface area contributed by atoms with E-state index < -0.39 is 23.7 Å². The molecule has 0 radical (unpaired) electrons. The van der Waals surface area contributed by atoms with Crippen LogP contribution in [0.4, 0.5) is 4.39 Å². The third-order valence-electron chi connectivity index (χ3n) is 3.77. The molecule has 7 heteroatoms. The number of nitrogens with one attached hydrogen (secondary N) is 2. The SMILES string of the molecule is Cc1cc(C)c(OCC(=O)NNC(=O)[C@@H](C)Oc2ccc(F)cc2)c(C)c1. The van der Waals surface area contributed by atoms with E-state index >= 15 is 0 Å². The first-order valence-electron chi connectivity index (χ1n) is 8.48. The van der Waals surface area contributed by atoms with Crippen LogP contribution in [0.3, 0.4) is 0 Å². The molecule has 27 heavy (non-hydrogen) atoms. The molecular formula is C20H23FN2O4. The van der Waals surface area contributed by atoms with Gasteiger partial charge in [-0.05, 0) is 63.1 Å². The number of aryl methyl sites for hydroxylation is 3. The van der Waals surface area contributed by atoms with Crippen LogP contribution in [0.5, 0.6) is 11.5 Å². The Morgan fingerprint density at radius 1 is 1.04 bits per heavy atom. The van der Waals surface area contributed by atoms with Crippen molar-refractivity contribution in [3.63, 3.8) is 0 Å². The van der Waals surface area contributed by atoms with Crippen molar-refractivity contribution in [2.75, 3.05) is 6.61 Å². The Morgan fingerprint density at radius 3 is 2.22 bits per heavy atom. The van der Waals surface area contributed by atoms with Crippen molar-refractivity contribution in [2.45, 2.75) is 33.8 Å². The molecular weight excluding hydrogens is 351 g/mol. The standard InChI is InChI=1S/C20H23FN2O4/c1-12-9-13(2)19(14(3)10-12)26-11-18(24)22-23-20(25)15(4)27-17-7-5-16(21)6-8-17/h5-10,15H,11H2,1-4H3,(H,22,24)(H,23,25)/t15-/m1/s1. The molecule has 0 bridgehead atoms. The van der Waals surface area contributed by atoms with Gasteiger partial charge in [-0.15, -0.1) is 0 Å². The van der Waals surface area contributed by atoms with E-state index in [1.807, 2.05) is 32.9 Å². The molecule has 2 aromatic rings. The molecule has 144 valence electrons. The van der Waals surface area contributed by atoms with Crippen LogP contribution >= 0.6 is 0 Å². The average molecular weight is 374 g/mol. The van der Waals surface area contributed by atoms with Gasteiger partial charge in [0.1, 0.15) is 17.3 Å². The molecule has 0 unspecified atom stereocenters. The summed E-state index contributed by atoms with van der Waals surface area (Å²) in [6, 6.07) is 9.23. The first-order chi connectivity index (χ1) is 12.8. The molecule has 0 aliphatic heterocycles. The maximum absolute atomic E-state index is 12.9. The molecule has 2 N–H and O–H groups in total. The zero-order valence-electron chi connectivity index (χ0n) is 15.8. The van der Waals surface area contributed by atoms with E-state index in [1.54, 1.807) is 0 Å². The minimum absolute atomic E-state index is 0.238. The van der Waals surface area contributed by atoms with Crippen molar-refractivity contribution in [3.8, 4) is 11.5 Å². The normalized spacial score (nSPS) is 11.4. The number of carbonyl (C=O) groups excluding carboxylic acids is 2. The van der Waals surface area contributed by atoms with E-state index in [-0.39, 0.29) is 6.61 Å². The largest absolute Gasteiger partial charge is 0.483 e. The number of amides is 2. The maximum Gasteiger partial charge on any atom is 0.279 e. The number of halogens is 1. The number of ether oxygens (including phenoxy) is 2. The first-order valence-corrected chi connectivity index (χ1v) is 8.48. The van der Waals surface area contributed by atoms with Gasteiger partial charge >= 0.3 is 0 Å². The van der Waals surface area contributed by atoms with Crippen LogP contribution in [0.25, 0.3) is 0 Å². The van der Waals surface area contributed by atoms with Crippen LogP contribution < -0.4 is 20.3 Å². The summed E-state index contributed by atoms with van der Waals surface area (Å²) in [7, 11) is 0. The van der Waals surface area contributed by atoms with Gasteiger partial charge in [0, 0.05) is 0 Å². The van der Waals surface area contributed by atoms with Gasteiger partial charge in [0.25, 0.3) is 11.8 Å². The number of rotatable bonds is 6. The third kappa shape index (κ3) is 5.99. The molecule has 0 saturated carbocycles. The lowest BCUT2D eigenvalue weighted by Crippen LogP contribution is -2.48. The predicted octanol–water partition coefficient (Wildman–Crippen LogP) is 2.74. The fraction of sp³-hybridized carbons (Fsp3) is 0.300. The van der Waals surface area contributed by atoms with Crippen LogP contribution in [-0.2, 0) is 9.59 Å². The van der Waals surface area contributed by atoms with Gasteiger partial charge in [0.2, 0.25) is 0 Å². The van der Waals surface area contributed by atoms with Crippen molar-refractivity contribution in [3.05, 3.63) is 58.9 Å². The zero-order chi connectivity index (χ0) is 20.0. The lowest BCUT2D eigenvalue weighted by Gasteiger charge is -2.16. The topological polar surface area (TPSA) is 76.7 Å². The molecule has 0 heterocycles. The molecule has 0 aromatic heterocycles. The fourth-order valence-corrected chi connectivity index (χ4v) is 2.57. The predicted molar refractivity (Wildman–Crippen MR) is 98.9 cm³/mol. The number of benzene rings is 2. The van der Waals surface area contributed by atoms with Crippen molar-refractivity contribution in [1.82, 2.24) is 10.9 Å². The van der Waals surface area contributed by atoms with E-state index in [1.165, 1.54) is 31.2 Å². The first kappa shape index (κ1) is 20.2. The number of hydrogen-bond donors (Lipinski definition) is 2. The van der Waals surface area contributed by atoms with E-state index in [9.17, 15) is 14.0 Å². The maximum atomic E-state index is 12.9. The quantitative estimate of drug-likeness (QED) is 0.763. The molecule has 0 aliphatic carbocycles. The van der Waals surface area contributed by atoms with Crippen molar-refractivity contribution in [2.24, 2.45) is 0 Å². The van der Waals surface area contributed by atoms with Gasteiger partial charge < -0.3 is 9.47 Å². The lowest BCUT2D eigenvalue weighted by atomic mass is 10.1. The Kier molecular flexibility index (Phi) is 6.76. The van der Waals surface area contributed by atoms with Gasteiger partial charge in [0.05, 0.1) is 0 Å². The van der Waals surface area contributed by atoms with Crippen molar-refractivity contribution < 1.29 is 23.5 Å². The summed E-state index contributed by atoms with van der Waals surface area (Å²) in [6.07, 6.45) is -0.877. The zero-order valence-corrected chi connectivity index (χ0v) is 15.8. The smallest absolute Gasteiger partial charge is 0.279 e. The van der Waals surface area contributed by atoms with E-state index in [4.69, 9.17) is 9.47 Å². The summed E-state index contributed by atoms with van der Waals surface area (Å²) < 4.78 is 23.8. The van der Waals surface area contributed by atoms with Crippen LogP contribution in [0.2, 0.25) is 0 Å². The summed E-state index contributed by atoms with van der Waals surface area (Å²) in [5, 5.41) is 0. The summed E-state index contributed by atoms with van der Waals surface area (Å²) in [4.78, 5) is 23.9. The van der Waals surface area contributed by atoms with Crippen molar-refractivity contribution in [1.29, 1.82) is 0 Å². The van der Waals surface area contributed by atoms with Crippen LogP contribution in [0.1, 0.15) is 23.6 Å². The van der Waals surface area contributed by atoms with Gasteiger partial charge in [0.15, 0.2) is 12.7 Å². The molecule has 0 saturated heterocycles. The summed E-state index contributed by atoms with van der Waals surface area (Å²) >= 11 is 0. The number of hydrazine groups is 1. The van der Waals surface area contributed by atoms with Crippen LogP contribution in [0.15, 0.2) is 36.4 Å². The highest BCUT2D eigenvalue weighted by Crippen LogP contribution is 2.24. The summed E-state index contributed by atoms with van der Waals surface area (Å²) in [6.45, 7) is 7.08. The Morgan fingerprint density at radius 2 is 1.63 bits per heavy atom. The van der Waals surface area contributed by atoms with Gasteiger partial charge in [-0.2, -0.15) is 0 Å². The Bertz CT molecular complexity index is 798. The number of carbonyl (C=O) groups is 2. The Hall–Kier alpha value is -3.09. The molecule has 0 fully saturated rings. The molecule has 2 amide bonds. The van der Waals surface area contributed by atoms with E-state index in [2.05, 4.69) is 10.9 Å². The van der Waals surface area contributed by atoms with Gasteiger partial charge in [-0.25, -0.2) is 4.39 Å². The Balaban J connectivity index is 1.79. The minimum Gasteiger partial charge on any atom is -0.483 e. The Labute approximate surface area is 157 Å². The van der Waals surface area contributed by atoms with E-state index in [0.29, 0.717) is 11.5 Å². The van der Waals surface area contributed by atoms with E-state index in [0.717, 1.165) is 16.7 Å². The molecule has 0 aliphatic rings. The number of hydrogen-bond acceptors (Lipinski definition) is 4. The van der Waals surface area contributed by atoms with Crippen molar-refractivity contribution >= 4 is 11.8 Å². The van der Waals surface area contributed by atoms with Crippen LogP contribution in [0, 0.1) is 26.6 Å². The highest BCUT2D eigenvalue weighted by molar-refractivity contribution is 5.85.